The van der Waals surface area contributed by atoms with Crippen molar-refractivity contribution in [3.8, 4) is 10.6 Å². The van der Waals surface area contributed by atoms with Crippen molar-refractivity contribution in [3.63, 3.8) is 0 Å². The fourth-order valence-corrected chi connectivity index (χ4v) is 3.85. The number of hydrogen-bond acceptors (Lipinski definition) is 5. The van der Waals surface area contributed by atoms with Gasteiger partial charge in [-0.1, -0.05) is 23.8 Å². The third kappa shape index (κ3) is 3.64. The number of imidazole rings is 1. The van der Waals surface area contributed by atoms with Gasteiger partial charge in [0.1, 0.15) is 11.1 Å². The molecular formula is C19H19N3O2S. The van der Waals surface area contributed by atoms with E-state index in [0.717, 1.165) is 29.1 Å². The molecule has 4 rings (SSSR count). The van der Waals surface area contributed by atoms with E-state index < -0.39 is 0 Å². The molecular weight excluding hydrogens is 334 g/mol. The van der Waals surface area contributed by atoms with Crippen molar-refractivity contribution in [2.45, 2.75) is 38.3 Å². The van der Waals surface area contributed by atoms with Crippen molar-refractivity contribution in [1.82, 2.24) is 14.5 Å². The molecule has 0 bridgehead atoms. The van der Waals surface area contributed by atoms with Crippen LogP contribution in [0.4, 0.5) is 0 Å². The summed E-state index contributed by atoms with van der Waals surface area (Å²) in [5.74, 6) is -0.199. The zero-order chi connectivity index (χ0) is 17.2. The molecule has 2 aromatic heterocycles. The van der Waals surface area contributed by atoms with Crippen molar-refractivity contribution in [2.24, 2.45) is 0 Å². The highest BCUT2D eigenvalue weighted by molar-refractivity contribution is 7.13. The monoisotopic (exact) mass is 353 g/mol. The summed E-state index contributed by atoms with van der Waals surface area (Å²) >= 11 is 1.56. The second-order valence-corrected chi connectivity index (χ2v) is 7.30. The molecule has 1 aromatic carbocycles. The van der Waals surface area contributed by atoms with Gasteiger partial charge in [0, 0.05) is 42.2 Å². The maximum absolute atomic E-state index is 12.1. The van der Waals surface area contributed by atoms with Gasteiger partial charge in [0.2, 0.25) is 0 Å². The van der Waals surface area contributed by atoms with E-state index in [-0.39, 0.29) is 18.5 Å². The molecule has 0 amide bonds. The quantitative estimate of drug-likeness (QED) is 0.655. The predicted octanol–water partition coefficient (Wildman–Crippen LogP) is 3.80. The highest BCUT2D eigenvalue weighted by atomic mass is 32.1. The number of carbonyl (C=O) groups is 1. The number of thiazole rings is 1. The lowest BCUT2D eigenvalue weighted by molar-refractivity contribution is -0.154. The van der Waals surface area contributed by atoms with Gasteiger partial charge in [0.25, 0.3) is 0 Å². The Morgan fingerprint density at radius 1 is 1.40 bits per heavy atom. The number of nitrogens with zero attached hydrogens (tertiary/aromatic N) is 3. The van der Waals surface area contributed by atoms with E-state index in [1.165, 1.54) is 5.56 Å². The van der Waals surface area contributed by atoms with Gasteiger partial charge in [-0.3, -0.25) is 4.79 Å². The van der Waals surface area contributed by atoms with Gasteiger partial charge in [0.05, 0.1) is 18.4 Å². The Labute approximate surface area is 150 Å². The van der Waals surface area contributed by atoms with Gasteiger partial charge in [-0.05, 0) is 13.0 Å². The second kappa shape index (κ2) is 6.80. The van der Waals surface area contributed by atoms with Crippen LogP contribution in [0.15, 0.2) is 48.4 Å². The minimum Gasteiger partial charge on any atom is -0.462 e. The average Bonchev–Trinajstić information content (AvgIpc) is 3.22. The largest absolute Gasteiger partial charge is 0.462 e. The molecule has 0 radical (unpaired) electrons. The van der Waals surface area contributed by atoms with Gasteiger partial charge >= 0.3 is 5.97 Å². The third-order valence-electron chi connectivity index (χ3n) is 4.46. The first-order chi connectivity index (χ1) is 12.2. The van der Waals surface area contributed by atoms with Crippen LogP contribution in [0.2, 0.25) is 0 Å². The zero-order valence-corrected chi connectivity index (χ0v) is 14.8. The lowest BCUT2D eigenvalue weighted by Gasteiger charge is -2.35. The molecule has 1 saturated carbocycles. The molecule has 6 heteroatoms. The van der Waals surface area contributed by atoms with E-state index in [1.807, 2.05) is 30.0 Å². The maximum atomic E-state index is 12.1. The number of esters is 1. The minimum atomic E-state index is -0.199. The Hall–Kier alpha value is -2.47. The van der Waals surface area contributed by atoms with Crippen molar-refractivity contribution in [1.29, 1.82) is 0 Å². The second-order valence-electron chi connectivity index (χ2n) is 6.44. The molecule has 3 aromatic rings. The van der Waals surface area contributed by atoms with Crippen molar-refractivity contribution in [3.05, 3.63) is 59.6 Å². The average molecular weight is 353 g/mol. The number of aryl methyl sites for hydroxylation is 1. The van der Waals surface area contributed by atoms with Gasteiger partial charge in [-0.15, -0.1) is 11.3 Å². The fourth-order valence-electron chi connectivity index (χ4n) is 3.04. The molecule has 0 saturated heterocycles. The first-order valence-electron chi connectivity index (χ1n) is 8.36. The summed E-state index contributed by atoms with van der Waals surface area (Å²) in [5.41, 5.74) is 3.06. The summed E-state index contributed by atoms with van der Waals surface area (Å²) in [7, 11) is 0. The van der Waals surface area contributed by atoms with E-state index in [0.29, 0.717) is 6.04 Å². The van der Waals surface area contributed by atoms with Gasteiger partial charge in [-0.2, -0.15) is 0 Å². The van der Waals surface area contributed by atoms with Crippen molar-refractivity contribution >= 4 is 17.3 Å². The normalized spacial score (nSPS) is 19.4. The molecule has 0 N–H and O–H groups in total. The SMILES string of the molecule is Cc1cccc(-c2nc(CC(=O)OC3CC(n4ccnc4)C3)cs2)c1. The Morgan fingerprint density at radius 2 is 2.28 bits per heavy atom. The smallest absolute Gasteiger partial charge is 0.312 e. The van der Waals surface area contributed by atoms with Crippen LogP contribution >= 0.6 is 11.3 Å². The summed E-state index contributed by atoms with van der Waals surface area (Å²) in [6.07, 6.45) is 7.48. The van der Waals surface area contributed by atoms with Gasteiger partial charge in [-0.25, -0.2) is 9.97 Å². The number of benzene rings is 1. The van der Waals surface area contributed by atoms with Crippen molar-refractivity contribution < 1.29 is 9.53 Å². The lowest BCUT2D eigenvalue weighted by atomic mass is 9.89. The van der Waals surface area contributed by atoms with E-state index in [9.17, 15) is 4.79 Å². The van der Waals surface area contributed by atoms with Gasteiger partial charge < -0.3 is 9.30 Å². The van der Waals surface area contributed by atoms with Crippen LogP contribution in [-0.2, 0) is 16.0 Å². The first kappa shape index (κ1) is 16.0. The number of aromatic nitrogens is 3. The highest BCUT2D eigenvalue weighted by Crippen LogP contribution is 2.34. The van der Waals surface area contributed by atoms with Crippen LogP contribution < -0.4 is 0 Å². The third-order valence-corrected chi connectivity index (χ3v) is 5.40. The van der Waals surface area contributed by atoms with E-state index in [1.54, 1.807) is 17.5 Å². The molecule has 2 heterocycles. The standard InChI is InChI=1S/C19H19N3O2S/c1-13-3-2-4-14(7-13)19-21-15(11-25-19)8-18(23)24-17-9-16(10-17)22-6-5-20-12-22/h2-7,11-12,16-17H,8-10H2,1H3. The van der Waals surface area contributed by atoms with Crippen LogP contribution in [0.1, 0.15) is 30.1 Å². The summed E-state index contributed by atoms with van der Waals surface area (Å²) in [5, 5.41) is 2.88. The van der Waals surface area contributed by atoms with Crippen LogP contribution in [-0.4, -0.2) is 26.6 Å². The molecule has 5 nitrogen and oxygen atoms in total. The van der Waals surface area contributed by atoms with Crippen LogP contribution in [0.5, 0.6) is 0 Å². The fraction of sp³-hybridized carbons (Fsp3) is 0.316. The predicted molar refractivity (Wildman–Crippen MR) is 96.4 cm³/mol. The van der Waals surface area contributed by atoms with E-state index in [4.69, 9.17) is 4.74 Å². The highest BCUT2D eigenvalue weighted by Gasteiger charge is 2.33. The molecule has 0 spiro atoms. The Bertz CT molecular complexity index is 866. The molecule has 0 aliphatic heterocycles. The summed E-state index contributed by atoms with van der Waals surface area (Å²) in [6, 6.07) is 8.62. The summed E-state index contributed by atoms with van der Waals surface area (Å²) < 4.78 is 7.61. The first-order valence-corrected chi connectivity index (χ1v) is 9.24. The molecule has 1 aliphatic rings. The van der Waals surface area contributed by atoms with E-state index in [2.05, 4.69) is 33.6 Å². The van der Waals surface area contributed by atoms with Crippen molar-refractivity contribution in [2.75, 3.05) is 0 Å². The molecule has 0 unspecified atom stereocenters. The number of rotatable bonds is 5. The topological polar surface area (TPSA) is 57.0 Å². The van der Waals surface area contributed by atoms with Crippen LogP contribution in [0.25, 0.3) is 10.6 Å². The van der Waals surface area contributed by atoms with Crippen LogP contribution in [0.3, 0.4) is 0 Å². The Balaban J connectivity index is 1.30. The Morgan fingerprint density at radius 3 is 3.04 bits per heavy atom. The molecule has 1 fully saturated rings. The Kier molecular flexibility index (Phi) is 4.36. The van der Waals surface area contributed by atoms with Gasteiger partial charge in [0.15, 0.2) is 0 Å². The molecule has 0 atom stereocenters. The zero-order valence-electron chi connectivity index (χ0n) is 14.0. The van der Waals surface area contributed by atoms with Crippen LogP contribution in [0, 0.1) is 6.92 Å². The molecule has 1 aliphatic carbocycles. The number of ether oxygens (including phenoxy) is 1. The minimum absolute atomic E-state index is 0.00905. The maximum Gasteiger partial charge on any atom is 0.312 e. The summed E-state index contributed by atoms with van der Waals surface area (Å²) in [4.78, 5) is 20.8. The molecule has 128 valence electrons. The molecule has 25 heavy (non-hydrogen) atoms. The number of carbonyl (C=O) groups excluding carboxylic acids is 1. The summed E-state index contributed by atoms with van der Waals surface area (Å²) in [6.45, 7) is 2.06. The lowest BCUT2D eigenvalue weighted by Crippen LogP contribution is -2.34. The van der Waals surface area contributed by atoms with E-state index >= 15 is 0 Å². The number of hydrogen-bond donors (Lipinski definition) is 0.